The first-order chi connectivity index (χ1) is 14.8. The van der Waals surface area contributed by atoms with Crippen LogP contribution in [0.2, 0.25) is 0 Å². The van der Waals surface area contributed by atoms with Crippen molar-refractivity contribution in [3.05, 3.63) is 48.3 Å². The Kier molecular flexibility index (Phi) is 6.13. The molecule has 0 spiro atoms. The molecule has 9 heteroatoms. The van der Waals surface area contributed by atoms with Gasteiger partial charge < -0.3 is 15.5 Å². The van der Waals surface area contributed by atoms with Crippen LogP contribution in [0.5, 0.6) is 0 Å². The predicted octanol–water partition coefficient (Wildman–Crippen LogP) is 4.64. The van der Waals surface area contributed by atoms with E-state index in [9.17, 15) is 13.2 Å². The largest absolute Gasteiger partial charge is 0.416 e. The maximum absolute atomic E-state index is 13.1. The number of nitrogens with zero attached hydrogens (tertiary/aromatic N) is 4. The van der Waals surface area contributed by atoms with Crippen LogP contribution < -0.4 is 15.5 Å². The highest BCUT2D eigenvalue weighted by Crippen LogP contribution is 2.34. The van der Waals surface area contributed by atoms with Gasteiger partial charge in [-0.2, -0.15) is 18.2 Å². The summed E-state index contributed by atoms with van der Waals surface area (Å²) >= 11 is 0. The molecule has 6 nitrogen and oxygen atoms in total. The van der Waals surface area contributed by atoms with Crippen molar-refractivity contribution in [1.82, 2.24) is 20.3 Å². The van der Waals surface area contributed by atoms with Crippen LogP contribution in [0.3, 0.4) is 0 Å². The Morgan fingerprint density at radius 3 is 2.61 bits per heavy atom. The molecule has 2 aromatic rings. The van der Waals surface area contributed by atoms with Gasteiger partial charge >= 0.3 is 6.18 Å². The van der Waals surface area contributed by atoms with E-state index in [1.54, 1.807) is 0 Å². The summed E-state index contributed by atoms with van der Waals surface area (Å²) in [4.78, 5) is 15.8. The predicted molar refractivity (Wildman–Crippen MR) is 115 cm³/mol. The summed E-state index contributed by atoms with van der Waals surface area (Å²) in [5.41, 5.74) is 0.153. The molecule has 2 fully saturated rings. The number of hydrogen-bond donors (Lipinski definition) is 2. The van der Waals surface area contributed by atoms with Gasteiger partial charge in [-0.05, 0) is 57.8 Å². The van der Waals surface area contributed by atoms with Crippen molar-refractivity contribution in [1.29, 1.82) is 0 Å². The molecule has 166 valence electrons. The van der Waals surface area contributed by atoms with E-state index in [-0.39, 0.29) is 23.8 Å². The van der Waals surface area contributed by atoms with E-state index in [1.165, 1.54) is 0 Å². The fraction of sp³-hybridized carbons (Fsp3) is 0.500. The molecule has 2 atom stereocenters. The molecular weight excluding hydrogens is 405 g/mol. The molecule has 2 N–H and O–H groups in total. The second kappa shape index (κ2) is 8.82. The highest BCUT2D eigenvalue weighted by Gasteiger charge is 2.32. The second-order valence-corrected chi connectivity index (χ2v) is 8.19. The van der Waals surface area contributed by atoms with Crippen molar-refractivity contribution in [3.63, 3.8) is 0 Å². The molecule has 0 aromatic carbocycles. The van der Waals surface area contributed by atoms with Gasteiger partial charge in [-0.3, -0.25) is 0 Å². The smallest absolute Gasteiger partial charge is 0.332 e. The minimum Gasteiger partial charge on any atom is -0.332 e. The van der Waals surface area contributed by atoms with Gasteiger partial charge in [0.15, 0.2) is 0 Å². The number of nitrogens with one attached hydrogen (secondary N) is 2. The Morgan fingerprint density at radius 1 is 1.13 bits per heavy atom. The van der Waals surface area contributed by atoms with Crippen molar-refractivity contribution in [3.8, 4) is 0 Å². The third-order valence-corrected chi connectivity index (χ3v) is 6.05. The van der Waals surface area contributed by atoms with Crippen molar-refractivity contribution in [2.45, 2.75) is 56.8 Å². The molecule has 4 rings (SSSR count). The van der Waals surface area contributed by atoms with Crippen LogP contribution in [0.15, 0.2) is 37.1 Å². The van der Waals surface area contributed by atoms with Gasteiger partial charge in [0.25, 0.3) is 0 Å². The molecule has 2 aliphatic heterocycles. The Bertz CT molecular complexity index is 926. The molecule has 31 heavy (non-hydrogen) atoms. The molecule has 2 aromatic heterocycles. The average molecular weight is 432 g/mol. The number of pyridine rings is 1. The molecule has 0 amide bonds. The molecule has 0 saturated carbocycles. The van der Waals surface area contributed by atoms with Gasteiger partial charge in [0.2, 0.25) is 5.95 Å². The van der Waals surface area contributed by atoms with Crippen LogP contribution in [0.25, 0.3) is 0 Å². The lowest BCUT2D eigenvalue weighted by Crippen LogP contribution is -2.35. The van der Waals surface area contributed by atoms with Gasteiger partial charge in [-0.15, -0.1) is 6.58 Å². The lowest BCUT2D eigenvalue weighted by atomic mass is 9.94. The summed E-state index contributed by atoms with van der Waals surface area (Å²) in [5.74, 6) is 1.41. The van der Waals surface area contributed by atoms with Gasteiger partial charge in [0.05, 0.1) is 17.3 Å². The normalized spacial score (nSPS) is 22.5. The molecule has 0 bridgehead atoms. The van der Waals surface area contributed by atoms with Crippen LogP contribution in [-0.2, 0) is 6.18 Å². The van der Waals surface area contributed by atoms with E-state index in [2.05, 4.69) is 39.0 Å². The topological polar surface area (TPSA) is 66.0 Å². The van der Waals surface area contributed by atoms with Crippen LogP contribution in [0.4, 0.5) is 30.8 Å². The Balaban J connectivity index is 1.70. The SMILES string of the molecule is C=C[C@@H]1CC[C@@H](C)N1c1nc(Nc2cc(C(F)(F)F)ccn2)cc(C2CCNCC2)n1. The standard InChI is InChI=1S/C22H27F3N6/c1-3-17-5-4-14(2)31(17)21-28-18(15-6-9-26-10-7-15)13-20(30-21)29-19-12-16(8-11-27-19)22(23,24)25/h3,8,11-15,17,26H,1,4-7,9-10H2,2H3,(H,27,28,29,30)/t14-,17-/m1/s1. The fourth-order valence-corrected chi connectivity index (χ4v) is 4.36. The van der Waals surface area contributed by atoms with Crippen molar-refractivity contribution < 1.29 is 13.2 Å². The summed E-state index contributed by atoms with van der Waals surface area (Å²) in [6.45, 7) is 7.91. The summed E-state index contributed by atoms with van der Waals surface area (Å²) in [7, 11) is 0. The van der Waals surface area contributed by atoms with Crippen LogP contribution in [-0.4, -0.2) is 40.1 Å². The maximum atomic E-state index is 13.1. The van der Waals surface area contributed by atoms with E-state index < -0.39 is 11.7 Å². The first-order valence-electron chi connectivity index (χ1n) is 10.7. The van der Waals surface area contributed by atoms with Gasteiger partial charge in [-0.25, -0.2) is 9.97 Å². The molecule has 0 aliphatic carbocycles. The number of halogens is 3. The van der Waals surface area contributed by atoms with Crippen LogP contribution in [0.1, 0.15) is 49.8 Å². The molecule has 2 saturated heterocycles. The van der Waals surface area contributed by atoms with E-state index in [1.807, 2.05) is 12.1 Å². The number of anilines is 3. The summed E-state index contributed by atoms with van der Waals surface area (Å²) in [5, 5.41) is 6.33. The highest BCUT2D eigenvalue weighted by molar-refractivity contribution is 5.56. The fourth-order valence-electron chi connectivity index (χ4n) is 4.36. The zero-order valence-corrected chi connectivity index (χ0v) is 17.5. The molecule has 2 aliphatic rings. The monoisotopic (exact) mass is 432 g/mol. The first-order valence-corrected chi connectivity index (χ1v) is 10.7. The second-order valence-electron chi connectivity index (χ2n) is 8.19. The summed E-state index contributed by atoms with van der Waals surface area (Å²) in [6.07, 6.45) is 2.52. The minimum atomic E-state index is -4.43. The third kappa shape index (κ3) is 4.81. The highest BCUT2D eigenvalue weighted by atomic mass is 19.4. The lowest BCUT2D eigenvalue weighted by Gasteiger charge is -2.29. The van der Waals surface area contributed by atoms with E-state index >= 15 is 0 Å². The summed E-state index contributed by atoms with van der Waals surface area (Å²) < 4.78 is 39.3. The Morgan fingerprint density at radius 2 is 1.90 bits per heavy atom. The molecular formula is C22H27F3N6. The number of hydrogen-bond acceptors (Lipinski definition) is 6. The average Bonchev–Trinajstić information content (AvgIpc) is 3.14. The van der Waals surface area contributed by atoms with Crippen molar-refractivity contribution >= 4 is 17.6 Å². The number of rotatable bonds is 5. The van der Waals surface area contributed by atoms with Crippen LogP contribution >= 0.6 is 0 Å². The Hall–Kier alpha value is -2.68. The zero-order valence-electron chi connectivity index (χ0n) is 17.5. The van der Waals surface area contributed by atoms with Crippen LogP contribution in [0, 0.1) is 0 Å². The van der Waals surface area contributed by atoms with Crippen molar-refractivity contribution in [2.75, 3.05) is 23.3 Å². The van der Waals surface area contributed by atoms with E-state index in [4.69, 9.17) is 4.98 Å². The number of aromatic nitrogens is 3. The number of piperidine rings is 1. The zero-order chi connectivity index (χ0) is 22.0. The first kappa shape index (κ1) is 21.5. The Labute approximate surface area is 180 Å². The van der Waals surface area contributed by atoms with Crippen molar-refractivity contribution in [2.24, 2.45) is 0 Å². The quantitative estimate of drug-likeness (QED) is 0.671. The molecule has 0 unspecified atom stereocenters. The number of alkyl halides is 3. The maximum Gasteiger partial charge on any atom is 0.416 e. The minimum absolute atomic E-state index is 0.102. The van der Waals surface area contributed by atoms with E-state index in [0.717, 1.165) is 62.8 Å². The summed E-state index contributed by atoms with van der Waals surface area (Å²) in [6, 6.07) is 4.18. The molecule has 0 radical (unpaired) electrons. The lowest BCUT2D eigenvalue weighted by molar-refractivity contribution is -0.137. The van der Waals surface area contributed by atoms with Gasteiger partial charge in [-0.1, -0.05) is 6.08 Å². The van der Waals surface area contributed by atoms with Gasteiger partial charge in [0.1, 0.15) is 11.6 Å². The van der Waals surface area contributed by atoms with Gasteiger partial charge in [0, 0.05) is 24.2 Å². The third-order valence-electron chi connectivity index (χ3n) is 6.05. The molecule has 4 heterocycles. The van der Waals surface area contributed by atoms with E-state index in [0.29, 0.717) is 11.8 Å².